The van der Waals surface area contributed by atoms with Gasteiger partial charge in [-0.3, -0.25) is 4.98 Å². The lowest BCUT2D eigenvalue weighted by Crippen LogP contribution is -2.26. The van der Waals surface area contributed by atoms with E-state index in [1.54, 1.807) is 20.0 Å². The normalized spacial score (nSPS) is 11.8. The summed E-state index contributed by atoms with van der Waals surface area (Å²) in [4.78, 5) is 9.97. The van der Waals surface area contributed by atoms with E-state index >= 15 is 0 Å². The topological polar surface area (TPSA) is 98.0 Å². The summed E-state index contributed by atoms with van der Waals surface area (Å²) in [7, 11) is -3.64. The van der Waals surface area contributed by atoms with E-state index in [9.17, 15) is 8.42 Å². The first kappa shape index (κ1) is 17.7. The molecule has 7 nitrogen and oxygen atoms in total. The van der Waals surface area contributed by atoms with E-state index in [-0.39, 0.29) is 17.2 Å². The first-order chi connectivity index (χ1) is 11.9. The lowest BCUT2D eigenvalue weighted by Gasteiger charge is -2.05. The summed E-state index contributed by atoms with van der Waals surface area (Å²) in [6.45, 7) is 5.39. The Hall–Kier alpha value is -2.10. The predicted octanol–water partition coefficient (Wildman–Crippen LogP) is 2.64. The molecule has 0 saturated heterocycles. The summed E-state index contributed by atoms with van der Waals surface area (Å²) in [5.74, 6) is 0.288. The second-order valence-corrected chi connectivity index (χ2v) is 8.33. The van der Waals surface area contributed by atoms with E-state index < -0.39 is 10.0 Å². The predicted molar refractivity (Wildman–Crippen MR) is 95.0 cm³/mol. The highest BCUT2D eigenvalue weighted by molar-refractivity contribution is 7.89. The van der Waals surface area contributed by atoms with Crippen molar-refractivity contribution in [2.75, 3.05) is 6.54 Å². The highest BCUT2D eigenvalue weighted by Crippen LogP contribution is 2.26. The molecule has 3 heterocycles. The number of aromatic nitrogens is 3. The number of nitrogens with one attached hydrogen (secondary N) is 1. The number of hydrogen-bond donors (Lipinski definition) is 1. The van der Waals surface area contributed by atoms with E-state index in [4.69, 9.17) is 4.52 Å². The molecule has 25 heavy (non-hydrogen) atoms. The Kier molecular flexibility index (Phi) is 4.98. The molecule has 132 valence electrons. The number of nitrogens with zero attached hydrogens (tertiary/aromatic N) is 3. The van der Waals surface area contributed by atoms with Crippen LogP contribution in [0.1, 0.15) is 22.0 Å². The van der Waals surface area contributed by atoms with Crippen LogP contribution in [0.15, 0.2) is 33.8 Å². The summed E-state index contributed by atoms with van der Waals surface area (Å²) >= 11 is 1.53. The minimum Gasteiger partial charge on any atom is -0.360 e. The Balaban J connectivity index is 1.70. The van der Waals surface area contributed by atoms with Crippen LogP contribution in [-0.4, -0.2) is 30.1 Å². The fraction of sp³-hybridized carbons (Fsp3) is 0.312. The zero-order chi connectivity index (χ0) is 18.0. The molecular weight excluding hydrogens is 360 g/mol. The molecule has 0 unspecified atom stereocenters. The highest BCUT2D eigenvalue weighted by atomic mass is 32.2. The largest absolute Gasteiger partial charge is 0.360 e. The van der Waals surface area contributed by atoms with Crippen LogP contribution in [0.5, 0.6) is 0 Å². The van der Waals surface area contributed by atoms with Gasteiger partial charge in [-0.1, -0.05) is 11.2 Å². The zero-order valence-corrected chi connectivity index (χ0v) is 15.7. The molecule has 0 bridgehead atoms. The van der Waals surface area contributed by atoms with Crippen molar-refractivity contribution in [3.8, 4) is 10.7 Å². The molecule has 0 aliphatic rings. The van der Waals surface area contributed by atoms with Crippen molar-refractivity contribution < 1.29 is 12.9 Å². The SMILES string of the molecule is Cc1nc(-c2ccccn2)sc1CCNS(=O)(=O)c1c(C)noc1C. The summed E-state index contributed by atoms with van der Waals surface area (Å²) in [6, 6.07) is 5.67. The van der Waals surface area contributed by atoms with Gasteiger partial charge in [0.15, 0.2) is 5.76 Å². The smallest absolute Gasteiger partial charge is 0.245 e. The Morgan fingerprint density at radius 1 is 1.20 bits per heavy atom. The van der Waals surface area contributed by atoms with Crippen LogP contribution in [-0.2, 0) is 16.4 Å². The van der Waals surface area contributed by atoms with Gasteiger partial charge in [0.2, 0.25) is 10.0 Å². The average molecular weight is 378 g/mol. The third kappa shape index (κ3) is 3.78. The lowest BCUT2D eigenvalue weighted by molar-refractivity contribution is 0.390. The van der Waals surface area contributed by atoms with Crippen LogP contribution in [0, 0.1) is 20.8 Å². The van der Waals surface area contributed by atoms with Crippen molar-refractivity contribution in [2.24, 2.45) is 0 Å². The number of rotatable bonds is 6. The maximum atomic E-state index is 12.4. The Labute approximate surface area is 150 Å². The van der Waals surface area contributed by atoms with Gasteiger partial charge >= 0.3 is 0 Å². The lowest BCUT2D eigenvalue weighted by atomic mass is 10.3. The van der Waals surface area contributed by atoms with Gasteiger partial charge in [0.25, 0.3) is 0 Å². The summed E-state index contributed by atoms with van der Waals surface area (Å²) < 4.78 is 32.3. The second-order valence-electron chi connectivity index (χ2n) is 5.54. The van der Waals surface area contributed by atoms with Crippen molar-refractivity contribution in [1.82, 2.24) is 19.8 Å². The summed E-state index contributed by atoms with van der Waals surface area (Å²) in [6.07, 6.45) is 2.28. The molecule has 0 atom stereocenters. The Bertz CT molecular complexity index is 959. The second kappa shape index (κ2) is 7.03. The van der Waals surface area contributed by atoms with Gasteiger partial charge in [-0.15, -0.1) is 11.3 Å². The fourth-order valence-electron chi connectivity index (χ4n) is 2.49. The molecule has 0 amide bonds. The minimum atomic E-state index is -3.64. The molecular formula is C16H18N4O3S2. The fourth-order valence-corrected chi connectivity index (χ4v) is 4.88. The third-order valence-corrected chi connectivity index (χ3v) is 6.60. The van der Waals surface area contributed by atoms with Gasteiger partial charge in [-0.25, -0.2) is 18.1 Å². The first-order valence-corrected chi connectivity index (χ1v) is 9.98. The molecule has 0 aliphatic heterocycles. The monoisotopic (exact) mass is 378 g/mol. The zero-order valence-electron chi connectivity index (χ0n) is 14.1. The highest BCUT2D eigenvalue weighted by Gasteiger charge is 2.23. The van der Waals surface area contributed by atoms with E-state index in [0.717, 1.165) is 21.3 Å². The number of thiazole rings is 1. The molecule has 3 aromatic heterocycles. The van der Waals surface area contributed by atoms with E-state index in [0.29, 0.717) is 12.1 Å². The summed E-state index contributed by atoms with van der Waals surface area (Å²) in [5, 5.41) is 4.53. The Morgan fingerprint density at radius 3 is 2.64 bits per heavy atom. The number of pyridine rings is 1. The molecule has 3 aromatic rings. The Morgan fingerprint density at radius 2 is 2.00 bits per heavy atom. The van der Waals surface area contributed by atoms with E-state index in [1.807, 2.05) is 25.1 Å². The third-order valence-electron chi connectivity index (χ3n) is 3.66. The standard InChI is InChI=1S/C16H18N4O3S2/c1-10-14(24-16(19-10)13-6-4-5-8-17-13)7-9-18-25(21,22)15-11(2)20-23-12(15)3/h4-6,8,18H,7,9H2,1-3H3. The molecule has 0 saturated carbocycles. The van der Waals surface area contributed by atoms with Gasteiger partial charge in [0.1, 0.15) is 15.6 Å². The van der Waals surface area contributed by atoms with Crippen LogP contribution in [0.25, 0.3) is 10.7 Å². The molecule has 0 spiro atoms. The van der Waals surface area contributed by atoms with Crippen LogP contribution in [0.3, 0.4) is 0 Å². The van der Waals surface area contributed by atoms with Crippen LogP contribution < -0.4 is 4.72 Å². The van der Waals surface area contributed by atoms with Gasteiger partial charge in [-0.05, 0) is 39.3 Å². The van der Waals surface area contributed by atoms with E-state index in [1.165, 1.54) is 11.3 Å². The number of sulfonamides is 1. The summed E-state index contributed by atoms with van der Waals surface area (Å²) in [5.41, 5.74) is 2.07. The average Bonchev–Trinajstić information content (AvgIpc) is 3.11. The van der Waals surface area contributed by atoms with Crippen molar-refractivity contribution >= 4 is 21.4 Å². The van der Waals surface area contributed by atoms with Gasteiger partial charge < -0.3 is 4.52 Å². The number of hydrogen-bond acceptors (Lipinski definition) is 7. The maximum absolute atomic E-state index is 12.4. The molecule has 3 rings (SSSR count). The number of aryl methyl sites for hydroxylation is 3. The molecule has 0 aromatic carbocycles. The van der Waals surface area contributed by atoms with Crippen LogP contribution in [0.4, 0.5) is 0 Å². The molecule has 1 N–H and O–H groups in total. The molecule has 9 heteroatoms. The van der Waals surface area contributed by atoms with Gasteiger partial charge in [0, 0.05) is 17.6 Å². The molecule has 0 aliphatic carbocycles. The van der Waals surface area contributed by atoms with Gasteiger partial charge in [0.05, 0.1) is 11.4 Å². The van der Waals surface area contributed by atoms with Crippen molar-refractivity contribution in [3.05, 3.63) is 46.4 Å². The quantitative estimate of drug-likeness (QED) is 0.708. The van der Waals surface area contributed by atoms with Crippen molar-refractivity contribution in [3.63, 3.8) is 0 Å². The van der Waals surface area contributed by atoms with Crippen LogP contribution >= 0.6 is 11.3 Å². The minimum absolute atomic E-state index is 0.114. The maximum Gasteiger partial charge on any atom is 0.245 e. The molecule has 0 fully saturated rings. The molecule has 0 radical (unpaired) electrons. The van der Waals surface area contributed by atoms with Crippen molar-refractivity contribution in [1.29, 1.82) is 0 Å². The van der Waals surface area contributed by atoms with E-state index in [2.05, 4.69) is 19.8 Å². The first-order valence-electron chi connectivity index (χ1n) is 7.68. The van der Waals surface area contributed by atoms with Crippen LogP contribution in [0.2, 0.25) is 0 Å². The van der Waals surface area contributed by atoms with Gasteiger partial charge in [-0.2, -0.15) is 0 Å². The van der Waals surface area contributed by atoms with Crippen molar-refractivity contribution in [2.45, 2.75) is 32.1 Å².